The fraction of sp³-hybridized carbons (Fsp3) is 0.500. The molecule has 110 valence electrons. The van der Waals surface area contributed by atoms with Gasteiger partial charge in [-0.15, -0.1) is 0 Å². The van der Waals surface area contributed by atoms with Crippen molar-refractivity contribution >= 4 is 29.1 Å². The Morgan fingerprint density at radius 3 is 3.00 bits per heavy atom. The molecule has 1 saturated heterocycles. The maximum Gasteiger partial charge on any atom is 0.222 e. The molecule has 1 aliphatic rings. The van der Waals surface area contributed by atoms with E-state index in [-0.39, 0.29) is 12.0 Å². The van der Waals surface area contributed by atoms with Crippen LogP contribution >= 0.6 is 23.2 Å². The van der Waals surface area contributed by atoms with Crippen LogP contribution in [0.5, 0.6) is 0 Å². The summed E-state index contributed by atoms with van der Waals surface area (Å²) in [5.74, 6) is 0.00351. The van der Waals surface area contributed by atoms with Crippen molar-refractivity contribution < 1.29 is 9.53 Å². The summed E-state index contributed by atoms with van der Waals surface area (Å²) in [6.07, 6.45) is 1.05. The quantitative estimate of drug-likeness (QED) is 0.874. The lowest BCUT2D eigenvalue weighted by atomic mass is 10.1. The summed E-state index contributed by atoms with van der Waals surface area (Å²) >= 11 is 11.9. The molecule has 2 rings (SSSR count). The Hall–Kier alpha value is -0.810. The normalized spacial score (nSPS) is 18.8. The Morgan fingerprint density at radius 1 is 1.45 bits per heavy atom. The summed E-state index contributed by atoms with van der Waals surface area (Å²) in [5, 5.41) is 7.33. The van der Waals surface area contributed by atoms with Crippen LogP contribution in [-0.2, 0) is 16.0 Å². The van der Waals surface area contributed by atoms with Gasteiger partial charge in [0.05, 0.1) is 19.1 Å². The standard InChI is InChI=1S/C14H18Cl2N2O2/c15-11-2-1-10(13(16)7-11)3-4-18-14(19)8-12-9-17-5-6-20-12/h1-2,7,12,17H,3-6,8-9H2,(H,18,19). The number of carbonyl (C=O) groups is 1. The lowest BCUT2D eigenvalue weighted by molar-refractivity contribution is -0.124. The first-order valence-corrected chi connectivity index (χ1v) is 7.43. The zero-order valence-electron chi connectivity index (χ0n) is 11.1. The lowest BCUT2D eigenvalue weighted by Crippen LogP contribution is -2.41. The highest BCUT2D eigenvalue weighted by atomic mass is 35.5. The lowest BCUT2D eigenvalue weighted by Gasteiger charge is -2.23. The van der Waals surface area contributed by atoms with Crippen molar-refractivity contribution in [3.63, 3.8) is 0 Å². The van der Waals surface area contributed by atoms with Gasteiger partial charge in [0.1, 0.15) is 0 Å². The predicted octanol–water partition coefficient (Wildman–Crippen LogP) is 2.03. The minimum absolute atomic E-state index is 0.00351. The van der Waals surface area contributed by atoms with Crippen molar-refractivity contribution in [2.24, 2.45) is 0 Å². The van der Waals surface area contributed by atoms with Crippen LogP contribution in [0.25, 0.3) is 0 Å². The van der Waals surface area contributed by atoms with E-state index < -0.39 is 0 Å². The second-order valence-electron chi connectivity index (χ2n) is 4.74. The zero-order valence-corrected chi connectivity index (χ0v) is 12.6. The van der Waals surface area contributed by atoms with E-state index in [0.717, 1.165) is 18.7 Å². The van der Waals surface area contributed by atoms with Crippen molar-refractivity contribution in [1.29, 1.82) is 0 Å². The van der Waals surface area contributed by atoms with Crippen LogP contribution in [0.1, 0.15) is 12.0 Å². The van der Waals surface area contributed by atoms with E-state index in [4.69, 9.17) is 27.9 Å². The Balaban J connectivity index is 1.70. The molecule has 1 aromatic carbocycles. The van der Waals surface area contributed by atoms with Gasteiger partial charge in [0.25, 0.3) is 0 Å². The summed E-state index contributed by atoms with van der Waals surface area (Å²) in [6, 6.07) is 5.39. The molecule has 0 aromatic heterocycles. The number of morpholine rings is 1. The molecule has 1 unspecified atom stereocenters. The van der Waals surface area contributed by atoms with E-state index in [9.17, 15) is 4.79 Å². The number of nitrogens with one attached hydrogen (secondary N) is 2. The van der Waals surface area contributed by atoms with Crippen molar-refractivity contribution in [3.05, 3.63) is 33.8 Å². The summed E-state index contributed by atoms with van der Waals surface area (Å²) < 4.78 is 5.49. The number of hydrogen-bond donors (Lipinski definition) is 2. The maximum absolute atomic E-state index is 11.8. The molecule has 1 heterocycles. The molecule has 0 spiro atoms. The molecule has 1 amide bonds. The number of ether oxygens (including phenoxy) is 1. The third-order valence-electron chi connectivity index (χ3n) is 3.15. The zero-order chi connectivity index (χ0) is 14.4. The number of halogens is 2. The molecule has 0 radical (unpaired) electrons. The van der Waals surface area contributed by atoms with Crippen LogP contribution in [-0.4, -0.2) is 38.3 Å². The molecule has 1 aliphatic heterocycles. The highest BCUT2D eigenvalue weighted by Gasteiger charge is 2.16. The smallest absolute Gasteiger partial charge is 0.222 e. The molecule has 1 aromatic rings. The monoisotopic (exact) mass is 316 g/mol. The van der Waals surface area contributed by atoms with Crippen molar-refractivity contribution in [1.82, 2.24) is 10.6 Å². The number of carbonyl (C=O) groups excluding carboxylic acids is 1. The SMILES string of the molecule is O=C(CC1CNCCO1)NCCc1ccc(Cl)cc1Cl. The van der Waals surface area contributed by atoms with Crippen molar-refractivity contribution in [3.8, 4) is 0 Å². The van der Waals surface area contributed by atoms with Crippen molar-refractivity contribution in [2.75, 3.05) is 26.2 Å². The third-order valence-corrected chi connectivity index (χ3v) is 3.74. The van der Waals surface area contributed by atoms with Crippen LogP contribution in [0.15, 0.2) is 18.2 Å². The largest absolute Gasteiger partial charge is 0.375 e. The summed E-state index contributed by atoms with van der Waals surface area (Å²) in [4.78, 5) is 11.8. The van der Waals surface area contributed by atoms with Gasteiger partial charge in [0, 0.05) is 29.7 Å². The van der Waals surface area contributed by atoms with Gasteiger partial charge < -0.3 is 15.4 Å². The van der Waals surface area contributed by atoms with Gasteiger partial charge in [0.15, 0.2) is 0 Å². The molecule has 2 N–H and O–H groups in total. The van der Waals surface area contributed by atoms with Crippen molar-refractivity contribution in [2.45, 2.75) is 18.9 Å². The van der Waals surface area contributed by atoms with Crippen LogP contribution in [0.3, 0.4) is 0 Å². The molecule has 0 saturated carbocycles. The highest BCUT2D eigenvalue weighted by molar-refractivity contribution is 6.35. The van der Waals surface area contributed by atoms with Crippen LogP contribution in [0.4, 0.5) is 0 Å². The Kier molecular flexibility index (Phi) is 6.10. The Labute approximate surface area is 128 Å². The van der Waals surface area contributed by atoms with Gasteiger partial charge in [-0.05, 0) is 24.1 Å². The molecule has 0 aliphatic carbocycles. The second-order valence-corrected chi connectivity index (χ2v) is 5.58. The molecule has 20 heavy (non-hydrogen) atoms. The van der Waals surface area contributed by atoms with Gasteiger partial charge in [-0.25, -0.2) is 0 Å². The van der Waals surface area contributed by atoms with E-state index in [1.165, 1.54) is 0 Å². The first kappa shape index (κ1) is 15.6. The number of hydrogen-bond acceptors (Lipinski definition) is 3. The first-order valence-electron chi connectivity index (χ1n) is 6.68. The maximum atomic E-state index is 11.8. The molecule has 6 heteroatoms. The van der Waals surface area contributed by atoms with E-state index in [1.807, 2.05) is 6.07 Å². The van der Waals surface area contributed by atoms with Crippen LogP contribution < -0.4 is 10.6 Å². The minimum atomic E-state index is -0.0251. The average Bonchev–Trinajstić information content (AvgIpc) is 2.42. The molecule has 0 bridgehead atoms. The van der Waals surface area contributed by atoms with E-state index in [2.05, 4.69) is 10.6 Å². The number of amides is 1. The predicted molar refractivity (Wildman–Crippen MR) is 80.4 cm³/mol. The van der Waals surface area contributed by atoms with Gasteiger partial charge >= 0.3 is 0 Å². The average molecular weight is 317 g/mol. The first-order chi connectivity index (χ1) is 9.65. The topological polar surface area (TPSA) is 50.4 Å². The van der Waals surface area contributed by atoms with Gasteiger partial charge in [-0.3, -0.25) is 4.79 Å². The Bertz CT molecular complexity index is 462. The summed E-state index contributed by atoms with van der Waals surface area (Å²) in [7, 11) is 0. The fourth-order valence-corrected chi connectivity index (χ4v) is 2.59. The van der Waals surface area contributed by atoms with E-state index in [1.54, 1.807) is 12.1 Å². The Morgan fingerprint density at radius 2 is 2.30 bits per heavy atom. The third kappa shape index (κ3) is 4.94. The van der Waals surface area contributed by atoms with Gasteiger partial charge in [-0.1, -0.05) is 29.3 Å². The van der Waals surface area contributed by atoms with Crippen LogP contribution in [0.2, 0.25) is 10.0 Å². The highest BCUT2D eigenvalue weighted by Crippen LogP contribution is 2.21. The van der Waals surface area contributed by atoms with Gasteiger partial charge in [0.2, 0.25) is 5.91 Å². The second kappa shape index (κ2) is 7.84. The molecule has 1 atom stereocenters. The number of benzene rings is 1. The molecular formula is C14H18Cl2N2O2. The van der Waals surface area contributed by atoms with Crippen LogP contribution in [0, 0.1) is 0 Å². The number of rotatable bonds is 5. The summed E-state index contributed by atoms with van der Waals surface area (Å²) in [6.45, 7) is 2.81. The summed E-state index contributed by atoms with van der Waals surface area (Å²) in [5.41, 5.74) is 0.979. The van der Waals surface area contributed by atoms with Gasteiger partial charge in [-0.2, -0.15) is 0 Å². The van der Waals surface area contributed by atoms with E-state index >= 15 is 0 Å². The van der Waals surface area contributed by atoms with E-state index in [0.29, 0.717) is 36.0 Å². The minimum Gasteiger partial charge on any atom is -0.375 e. The molecular weight excluding hydrogens is 299 g/mol. The fourth-order valence-electron chi connectivity index (χ4n) is 2.09. The molecule has 4 nitrogen and oxygen atoms in total. The molecule has 1 fully saturated rings.